The van der Waals surface area contributed by atoms with Gasteiger partial charge < -0.3 is 19.7 Å². The fourth-order valence-corrected chi connectivity index (χ4v) is 3.37. The molecule has 0 saturated carbocycles. The summed E-state index contributed by atoms with van der Waals surface area (Å²) in [7, 11) is 0. The average molecular weight is 471 g/mol. The highest BCUT2D eigenvalue weighted by molar-refractivity contribution is 5.90. The predicted octanol–water partition coefficient (Wildman–Crippen LogP) is 3.04. The van der Waals surface area contributed by atoms with E-state index in [-0.39, 0.29) is 12.7 Å². The van der Waals surface area contributed by atoms with Crippen molar-refractivity contribution < 1.29 is 34.1 Å². The Morgan fingerprint density at radius 3 is 2.26 bits per heavy atom. The molecule has 0 aromatic heterocycles. The molecule has 0 aliphatic carbocycles. The van der Waals surface area contributed by atoms with Crippen molar-refractivity contribution in [1.29, 1.82) is 0 Å². The first-order valence-electron chi connectivity index (χ1n) is 10.8. The lowest BCUT2D eigenvalue weighted by molar-refractivity contribution is -0.109. The Labute approximate surface area is 198 Å². The van der Waals surface area contributed by atoms with Crippen molar-refractivity contribution in [2.45, 2.75) is 39.0 Å². The van der Waals surface area contributed by atoms with Gasteiger partial charge in [0.05, 0.1) is 11.7 Å². The molecule has 0 spiro atoms. The molecule has 182 valence electrons. The van der Waals surface area contributed by atoms with E-state index in [2.05, 4.69) is 5.32 Å². The lowest BCUT2D eigenvalue weighted by Crippen LogP contribution is -2.42. The second-order valence-electron chi connectivity index (χ2n) is 7.65. The number of amides is 3. The predicted molar refractivity (Wildman–Crippen MR) is 125 cm³/mol. The minimum Gasteiger partial charge on any atom is -0.459 e. The van der Waals surface area contributed by atoms with Crippen molar-refractivity contribution in [3.63, 3.8) is 0 Å². The number of carbonyl (C=O) groups is 3. The Hall–Kier alpha value is -3.53. The van der Waals surface area contributed by atoms with E-state index in [0.29, 0.717) is 24.8 Å². The van der Waals surface area contributed by atoms with E-state index in [0.717, 1.165) is 16.7 Å². The van der Waals surface area contributed by atoms with Crippen molar-refractivity contribution >= 4 is 18.4 Å². The van der Waals surface area contributed by atoms with Gasteiger partial charge in [-0.2, -0.15) is 0 Å². The highest BCUT2D eigenvalue weighted by atomic mass is 16.6. The average Bonchev–Trinajstić information content (AvgIpc) is 3.31. The van der Waals surface area contributed by atoms with Crippen LogP contribution in [0.3, 0.4) is 0 Å². The number of benzene rings is 2. The summed E-state index contributed by atoms with van der Waals surface area (Å²) in [6.07, 6.45) is 2.33. The van der Waals surface area contributed by atoms with E-state index < -0.39 is 25.0 Å². The van der Waals surface area contributed by atoms with Crippen LogP contribution in [0.5, 0.6) is 0 Å². The Morgan fingerprint density at radius 1 is 1.06 bits per heavy atom. The summed E-state index contributed by atoms with van der Waals surface area (Å²) >= 11 is 0. The number of carbonyl (C=O) groups excluding carboxylic acids is 3. The first kappa shape index (κ1) is 26.7. The largest absolute Gasteiger partial charge is 0.459 e. The first-order valence-corrected chi connectivity index (χ1v) is 10.8. The van der Waals surface area contributed by atoms with Gasteiger partial charge in [-0.25, -0.2) is 9.59 Å². The molecule has 1 fully saturated rings. The molecule has 2 atom stereocenters. The van der Waals surface area contributed by atoms with E-state index in [9.17, 15) is 14.4 Å². The van der Waals surface area contributed by atoms with Crippen molar-refractivity contribution in [2.24, 2.45) is 0 Å². The summed E-state index contributed by atoms with van der Waals surface area (Å²) in [5.74, 6) is -0.425. The van der Waals surface area contributed by atoms with Crippen molar-refractivity contribution in [3.05, 3.63) is 71.9 Å². The molecule has 34 heavy (non-hydrogen) atoms. The van der Waals surface area contributed by atoms with E-state index in [1.165, 1.54) is 4.90 Å². The third kappa shape index (κ3) is 8.11. The molecule has 1 saturated heterocycles. The molecule has 0 bridgehead atoms. The minimum atomic E-state index is -0.750. The zero-order valence-corrected chi connectivity index (χ0v) is 19.2. The highest BCUT2D eigenvalue weighted by Gasteiger charge is 2.32. The summed E-state index contributed by atoms with van der Waals surface area (Å²) in [5, 5.41) is 16.4. The van der Waals surface area contributed by atoms with Gasteiger partial charge in [-0.05, 0) is 49.9 Å². The van der Waals surface area contributed by atoms with Crippen LogP contribution in [0.15, 0.2) is 66.4 Å². The minimum absolute atomic E-state index is 0.0910. The smallest absolute Gasteiger partial charge is 0.338 e. The van der Waals surface area contributed by atoms with Crippen molar-refractivity contribution in [1.82, 2.24) is 10.2 Å². The van der Waals surface area contributed by atoms with Gasteiger partial charge in [0.1, 0.15) is 19.6 Å². The van der Waals surface area contributed by atoms with Gasteiger partial charge in [0.15, 0.2) is 0 Å². The van der Waals surface area contributed by atoms with Gasteiger partial charge in [-0.3, -0.25) is 15.0 Å². The fraction of sp³-hybridized carbons (Fsp3) is 0.320. The molecule has 1 aliphatic rings. The number of urea groups is 1. The molecule has 1 heterocycles. The second-order valence-corrected chi connectivity index (χ2v) is 7.65. The Morgan fingerprint density at radius 2 is 1.68 bits per heavy atom. The quantitative estimate of drug-likeness (QED) is 0.323. The number of aliphatic hydroxyl groups excluding tert-OH is 1. The van der Waals surface area contributed by atoms with Crippen LogP contribution in [0.2, 0.25) is 0 Å². The van der Waals surface area contributed by atoms with Crippen molar-refractivity contribution in [3.8, 4) is 11.1 Å². The zero-order valence-electron chi connectivity index (χ0n) is 19.2. The number of nitrogens with one attached hydrogen (secondary N) is 1. The van der Waals surface area contributed by atoms with Crippen LogP contribution in [0.25, 0.3) is 11.1 Å². The van der Waals surface area contributed by atoms with Crippen molar-refractivity contribution in [2.75, 3.05) is 13.4 Å². The summed E-state index contributed by atoms with van der Waals surface area (Å²) in [6.45, 7) is 3.03. The normalized spacial score (nSPS) is 16.5. The number of allylic oxidation sites excluding steroid dienone is 1. The third-order valence-electron chi connectivity index (χ3n) is 4.84. The van der Waals surface area contributed by atoms with E-state index >= 15 is 0 Å². The van der Waals surface area contributed by atoms with Gasteiger partial charge in [0.2, 0.25) is 6.41 Å². The number of ether oxygens (including phenoxy) is 2. The third-order valence-corrected chi connectivity index (χ3v) is 4.84. The molecular formula is C25H30N2O7. The Kier molecular flexibility index (Phi) is 10.9. The second kappa shape index (κ2) is 13.9. The molecule has 9 heteroatoms. The molecule has 1 aliphatic heterocycles. The van der Waals surface area contributed by atoms with Gasteiger partial charge in [-0.1, -0.05) is 48.0 Å². The molecular weight excluding hydrogens is 440 g/mol. The Balaban J connectivity index is 0.00000129. The molecule has 2 unspecified atom stereocenters. The van der Waals surface area contributed by atoms with E-state index in [4.69, 9.17) is 19.7 Å². The summed E-state index contributed by atoms with van der Waals surface area (Å²) in [5.41, 5.74) is 3.45. The number of nitrogens with zero attached hydrogens (tertiary/aromatic N) is 1. The maximum absolute atomic E-state index is 12.4. The van der Waals surface area contributed by atoms with Crippen LogP contribution < -0.4 is 5.32 Å². The number of hydrogen-bond acceptors (Lipinski definition) is 7. The molecule has 3 rings (SSSR count). The maximum atomic E-state index is 12.4. The van der Waals surface area contributed by atoms with E-state index in [1.807, 2.05) is 56.3 Å². The van der Waals surface area contributed by atoms with E-state index in [1.54, 1.807) is 18.3 Å². The number of esters is 1. The highest BCUT2D eigenvalue weighted by Crippen LogP contribution is 2.25. The van der Waals surface area contributed by atoms with Crippen LogP contribution >= 0.6 is 0 Å². The fourth-order valence-electron chi connectivity index (χ4n) is 3.37. The number of imide groups is 1. The molecule has 3 N–H and O–H groups in total. The summed E-state index contributed by atoms with van der Waals surface area (Å²) in [6, 6.07) is 16.6. The number of hydrogen-bond donors (Lipinski definition) is 3. The van der Waals surface area contributed by atoms with Crippen LogP contribution in [0, 0.1) is 0 Å². The maximum Gasteiger partial charge on any atom is 0.338 e. The Bertz CT molecular complexity index is 957. The number of rotatable bonds is 7. The molecule has 9 nitrogen and oxygen atoms in total. The SMILES string of the molecule is CC(C)=CN(C(=O)NC=O)C1CCC(COC(=O)c2ccc(-c3ccccc3)cc2)O1.OCO. The lowest BCUT2D eigenvalue weighted by atomic mass is 10.0. The van der Waals surface area contributed by atoms with Crippen LogP contribution in [-0.2, 0) is 14.3 Å². The summed E-state index contributed by atoms with van der Waals surface area (Å²) < 4.78 is 11.3. The summed E-state index contributed by atoms with van der Waals surface area (Å²) in [4.78, 5) is 36.5. The molecule has 0 radical (unpaired) electrons. The molecule has 3 amide bonds. The molecule has 2 aromatic carbocycles. The van der Waals surface area contributed by atoms with Gasteiger partial charge in [-0.15, -0.1) is 0 Å². The van der Waals surface area contributed by atoms with Gasteiger partial charge in [0, 0.05) is 6.20 Å². The topological polar surface area (TPSA) is 125 Å². The zero-order chi connectivity index (χ0) is 24.9. The van der Waals surface area contributed by atoms with Crippen LogP contribution in [-0.4, -0.2) is 59.3 Å². The number of aliphatic hydroxyl groups is 2. The molecule has 2 aromatic rings. The van der Waals surface area contributed by atoms with Crippen LogP contribution in [0.4, 0.5) is 4.79 Å². The monoisotopic (exact) mass is 470 g/mol. The van der Waals surface area contributed by atoms with Gasteiger partial charge >= 0.3 is 12.0 Å². The van der Waals surface area contributed by atoms with Crippen LogP contribution in [0.1, 0.15) is 37.0 Å². The van der Waals surface area contributed by atoms with Gasteiger partial charge in [0.25, 0.3) is 0 Å². The lowest BCUT2D eigenvalue weighted by Gasteiger charge is -2.25. The standard InChI is InChI=1S/C24H26N2O5.CH4O2/c1-17(2)14-26(24(29)25-16-27)22-13-12-21(31-22)15-30-23(28)20-10-8-19(9-11-20)18-6-4-3-5-7-18;2-1-3/h3-11,14,16,21-22H,12-13,15H2,1-2H3,(H,25,27,29);2-3H,1H2. The first-order chi connectivity index (χ1) is 16.4.